The third-order valence-electron chi connectivity index (χ3n) is 6.09. The first-order chi connectivity index (χ1) is 19.6. The van der Waals surface area contributed by atoms with E-state index in [9.17, 15) is 35.9 Å². The van der Waals surface area contributed by atoms with Crippen LogP contribution in [0, 0.1) is 0 Å². The number of halogens is 8. The minimum atomic E-state index is -4.99. The summed E-state index contributed by atoms with van der Waals surface area (Å²) in [5.41, 5.74) is -3.01. The fraction of sp³-hybridized carbons (Fsp3) is 0.222. The quantitative estimate of drug-likeness (QED) is 0.214. The minimum absolute atomic E-state index is 0.0317. The molecule has 7 nitrogen and oxygen atoms in total. The van der Waals surface area contributed by atoms with Crippen molar-refractivity contribution >= 4 is 50.9 Å². The van der Waals surface area contributed by atoms with Gasteiger partial charge in [0.2, 0.25) is 0 Å². The van der Waals surface area contributed by atoms with E-state index in [0.29, 0.717) is 11.8 Å². The second kappa shape index (κ2) is 11.8. The summed E-state index contributed by atoms with van der Waals surface area (Å²) in [7, 11) is 0. The maximum atomic E-state index is 13.6. The first kappa shape index (κ1) is 31.2. The first-order valence-corrected chi connectivity index (χ1v) is 13.1. The molecule has 1 heterocycles. The largest absolute Gasteiger partial charge is 0.573 e. The zero-order valence-electron chi connectivity index (χ0n) is 21.3. The molecular formula is C27H19BrClF6N3O4. The highest BCUT2D eigenvalue weighted by Crippen LogP contribution is 2.41. The van der Waals surface area contributed by atoms with E-state index in [1.807, 2.05) is 0 Å². The number of carbonyl (C=O) groups is 2. The highest BCUT2D eigenvalue weighted by molar-refractivity contribution is 9.10. The van der Waals surface area contributed by atoms with Gasteiger partial charge in [-0.05, 0) is 61.0 Å². The number of hydrazone groups is 1. The second-order valence-corrected chi connectivity index (χ2v) is 10.2. The molecule has 1 aliphatic heterocycles. The Morgan fingerprint density at radius 1 is 1.02 bits per heavy atom. The van der Waals surface area contributed by atoms with Crippen LogP contribution in [0.3, 0.4) is 0 Å². The van der Waals surface area contributed by atoms with Gasteiger partial charge >= 0.3 is 24.5 Å². The lowest BCUT2D eigenvalue weighted by Gasteiger charge is -2.29. The number of alkyl halides is 6. The van der Waals surface area contributed by atoms with E-state index in [1.165, 1.54) is 6.92 Å². The number of nitrogens with one attached hydrogen (secondary N) is 1. The van der Waals surface area contributed by atoms with Crippen molar-refractivity contribution in [3.8, 4) is 5.75 Å². The van der Waals surface area contributed by atoms with Crippen molar-refractivity contribution in [2.75, 3.05) is 18.5 Å². The second-order valence-electron chi connectivity index (χ2n) is 8.83. The van der Waals surface area contributed by atoms with Gasteiger partial charge in [-0.1, -0.05) is 45.7 Å². The molecule has 0 saturated carbocycles. The lowest BCUT2D eigenvalue weighted by molar-refractivity contribution is -0.274. The van der Waals surface area contributed by atoms with Gasteiger partial charge in [-0.2, -0.15) is 18.3 Å². The molecule has 1 N–H and O–H groups in total. The van der Waals surface area contributed by atoms with Crippen molar-refractivity contribution in [3.63, 3.8) is 0 Å². The molecule has 42 heavy (non-hydrogen) atoms. The van der Waals surface area contributed by atoms with Crippen LogP contribution >= 0.6 is 27.5 Å². The van der Waals surface area contributed by atoms with Crippen LogP contribution in [-0.4, -0.2) is 42.2 Å². The van der Waals surface area contributed by atoms with Gasteiger partial charge in [-0.25, -0.2) is 9.80 Å². The molecule has 1 aliphatic rings. The fourth-order valence-electron chi connectivity index (χ4n) is 4.28. The number of urea groups is 1. The molecule has 1 atom stereocenters. The van der Waals surface area contributed by atoms with Gasteiger partial charge in [-0.3, -0.25) is 4.79 Å². The summed E-state index contributed by atoms with van der Waals surface area (Å²) in [5.74, 6) is -1.55. The number of benzene rings is 3. The molecule has 0 aliphatic carbocycles. The van der Waals surface area contributed by atoms with E-state index in [4.69, 9.17) is 16.3 Å². The average Bonchev–Trinajstić information content (AvgIpc) is 3.31. The molecule has 0 saturated heterocycles. The van der Waals surface area contributed by atoms with Crippen LogP contribution in [0.1, 0.15) is 23.6 Å². The molecule has 3 aromatic carbocycles. The van der Waals surface area contributed by atoms with Crippen LogP contribution in [-0.2, 0) is 21.1 Å². The third-order valence-corrected chi connectivity index (χ3v) is 6.94. The molecule has 3 aromatic rings. The Hall–Kier alpha value is -3.78. The molecule has 0 bridgehead atoms. The van der Waals surface area contributed by atoms with Crippen LogP contribution in [0.25, 0.3) is 0 Å². The normalized spacial score (nSPS) is 17.1. The van der Waals surface area contributed by atoms with Gasteiger partial charge in [0.25, 0.3) is 0 Å². The maximum Gasteiger partial charge on any atom is 0.573 e. The number of amides is 2. The number of carbonyl (C=O) groups excluding carboxylic acids is 2. The van der Waals surface area contributed by atoms with Crippen molar-refractivity contribution < 1.29 is 45.4 Å². The monoisotopic (exact) mass is 677 g/mol. The van der Waals surface area contributed by atoms with Gasteiger partial charge in [-0.15, -0.1) is 13.2 Å². The van der Waals surface area contributed by atoms with Crippen molar-refractivity contribution in [3.05, 3.63) is 92.9 Å². The molecule has 0 spiro atoms. The maximum absolute atomic E-state index is 13.6. The molecule has 0 aromatic heterocycles. The third kappa shape index (κ3) is 6.65. The molecule has 0 radical (unpaired) electrons. The van der Waals surface area contributed by atoms with Crippen molar-refractivity contribution in [2.45, 2.75) is 24.9 Å². The molecule has 2 amide bonds. The standard InChI is InChI=1S/C27H19BrClF6N3O4/c1-2-41-23(39)25(16-4-10-19(11-5-16)42-27(33,34)35)14-38(24(40)36-18-8-6-17(28)7-9-18)37-22(25)15-3-12-20(21(29)13-15)26(30,31)32/h3-13H,2,14H2,1H3,(H,36,40). The van der Waals surface area contributed by atoms with E-state index in [1.54, 1.807) is 24.3 Å². The van der Waals surface area contributed by atoms with Crippen LogP contribution in [0.4, 0.5) is 36.8 Å². The Bertz CT molecular complexity index is 1510. The molecule has 0 fully saturated rings. The first-order valence-electron chi connectivity index (χ1n) is 12.0. The summed E-state index contributed by atoms with van der Waals surface area (Å²) in [6.07, 6.45) is -9.77. The molecule has 1 unspecified atom stereocenters. The zero-order chi connectivity index (χ0) is 30.9. The number of ether oxygens (including phenoxy) is 2. The van der Waals surface area contributed by atoms with Crippen molar-refractivity contribution in [2.24, 2.45) is 5.10 Å². The highest BCUT2D eigenvalue weighted by Gasteiger charge is 2.54. The van der Waals surface area contributed by atoms with E-state index < -0.39 is 52.8 Å². The number of esters is 1. The van der Waals surface area contributed by atoms with Crippen LogP contribution in [0.5, 0.6) is 5.75 Å². The predicted octanol–water partition coefficient (Wildman–Crippen LogP) is 7.77. The average molecular weight is 679 g/mol. The Morgan fingerprint density at radius 2 is 1.67 bits per heavy atom. The summed E-state index contributed by atoms with van der Waals surface area (Å²) >= 11 is 9.24. The summed E-state index contributed by atoms with van der Waals surface area (Å²) in [5, 5.41) is 7.08. The Balaban J connectivity index is 1.85. The molecule has 15 heteroatoms. The Labute approximate surface area is 248 Å². The van der Waals surface area contributed by atoms with Gasteiger partial charge in [0, 0.05) is 15.7 Å². The molecular weight excluding hydrogens is 660 g/mol. The fourth-order valence-corrected chi connectivity index (χ4v) is 4.83. The lowest BCUT2D eigenvalue weighted by Crippen LogP contribution is -2.48. The van der Waals surface area contributed by atoms with E-state index in [-0.39, 0.29) is 23.4 Å². The molecule has 4 rings (SSSR count). The summed E-state index contributed by atoms with van der Waals surface area (Å²) in [4.78, 5) is 26.9. The van der Waals surface area contributed by atoms with E-state index in [2.05, 4.69) is 31.1 Å². The predicted molar refractivity (Wildman–Crippen MR) is 144 cm³/mol. The summed E-state index contributed by atoms with van der Waals surface area (Å²) < 4.78 is 88.5. The summed E-state index contributed by atoms with van der Waals surface area (Å²) in [6.45, 7) is 0.855. The highest BCUT2D eigenvalue weighted by atomic mass is 79.9. The van der Waals surface area contributed by atoms with Gasteiger partial charge in [0.05, 0.1) is 29.4 Å². The zero-order valence-corrected chi connectivity index (χ0v) is 23.7. The number of hydrogen-bond acceptors (Lipinski definition) is 5. The topological polar surface area (TPSA) is 80.2 Å². The molecule has 222 valence electrons. The van der Waals surface area contributed by atoms with Gasteiger partial charge < -0.3 is 14.8 Å². The number of rotatable bonds is 6. The van der Waals surface area contributed by atoms with Crippen LogP contribution < -0.4 is 10.1 Å². The van der Waals surface area contributed by atoms with E-state index >= 15 is 0 Å². The van der Waals surface area contributed by atoms with Gasteiger partial charge in [0.1, 0.15) is 5.75 Å². The minimum Gasteiger partial charge on any atom is -0.465 e. The van der Waals surface area contributed by atoms with Crippen molar-refractivity contribution in [1.82, 2.24) is 5.01 Å². The number of hydrogen-bond donors (Lipinski definition) is 1. The van der Waals surface area contributed by atoms with Crippen molar-refractivity contribution in [1.29, 1.82) is 0 Å². The smallest absolute Gasteiger partial charge is 0.465 e. The number of anilines is 1. The van der Waals surface area contributed by atoms with Crippen LogP contribution in [0.15, 0.2) is 76.3 Å². The SMILES string of the molecule is CCOC(=O)C1(c2ccc(OC(F)(F)F)cc2)CN(C(=O)Nc2ccc(Br)cc2)N=C1c1ccc(C(F)(F)F)c(Cl)c1. The Morgan fingerprint density at radius 3 is 2.21 bits per heavy atom. The van der Waals surface area contributed by atoms with Gasteiger partial charge in [0.15, 0.2) is 5.41 Å². The van der Waals surface area contributed by atoms with E-state index in [0.717, 1.165) is 45.9 Å². The number of nitrogens with zero attached hydrogens (tertiary/aromatic N) is 2. The summed E-state index contributed by atoms with van der Waals surface area (Å²) in [6, 6.07) is 12.5. The lowest BCUT2D eigenvalue weighted by atomic mass is 9.74. The van der Waals surface area contributed by atoms with Crippen LogP contribution in [0.2, 0.25) is 5.02 Å². The Kier molecular flexibility index (Phi) is 8.78.